The average molecular weight is 424 g/mol. The number of carbonyl (C=O) groups is 2. The second kappa shape index (κ2) is 9.08. The molecule has 1 amide bonds. The van der Waals surface area contributed by atoms with Crippen molar-refractivity contribution in [2.75, 3.05) is 26.4 Å². The van der Waals surface area contributed by atoms with Crippen molar-refractivity contribution >= 4 is 11.9 Å². The summed E-state index contributed by atoms with van der Waals surface area (Å²) in [6.45, 7) is 2.06. The second-order valence-electron chi connectivity index (χ2n) is 8.20. The molecule has 2 aromatic rings. The molecule has 2 aliphatic rings. The van der Waals surface area contributed by atoms with Crippen LogP contribution in [0, 0.1) is 0 Å². The number of para-hydroxylation sites is 1. The van der Waals surface area contributed by atoms with Gasteiger partial charge in [-0.3, -0.25) is 10.1 Å². The van der Waals surface area contributed by atoms with E-state index in [4.69, 9.17) is 14.6 Å². The van der Waals surface area contributed by atoms with Gasteiger partial charge in [0.15, 0.2) is 0 Å². The number of carboxylic acid groups (broad SMARTS) is 1. The highest BCUT2D eigenvalue weighted by atomic mass is 16.5. The number of ether oxygens (including phenoxy) is 2. The van der Waals surface area contributed by atoms with E-state index < -0.39 is 17.0 Å². The summed E-state index contributed by atoms with van der Waals surface area (Å²) >= 11 is 0. The average Bonchev–Trinajstić information content (AvgIpc) is 3.59. The van der Waals surface area contributed by atoms with Crippen LogP contribution >= 0.6 is 0 Å². The lowest BCUT2D eigenvalue weighted by molar-refractivity contribution is -0.133. The number of rotatable bonds is 9. The van der Waals surface area contributed by atoms with Gasteiger partial charge in [-0.05, 0) is 55.5 Å². The fourth-order valence-electron chi connectivity index (χ4n) is 4.06. The predicted molar refractivity (Wildman–Crippen MR) is 115 cm³/mol. The molecule has 1 aliphatic carbocycles. The van der Waals surface area contributed by atoms with Crippen molar-refractivity contribution < 1.29 is 24.2 Å². The number of hydrogen-bond donors (Lipinski definition) is 3. The molecular weight excluding hydrogens is 396 g/mol. The third-order valence-corrected chi connectivity index (χ3v) is 6.15. The van der Waals surface area contributed by atoms with Gasteiger partial charge in [-0.25, -0.2) is 4.79 Å². The van der Waals surface area contributed by atoms with E-state index in [1.807, 2.05) is 30.3 Å². The molecule has 1 heterocycles. The number of amides is 1. The maximum Gasteiger partial charge on any atom is 0.335 e. The van der Waals surface area contributed by atoms with Crippen LogP contribution in [0.25, 0.3) is 0 Å². The highest BCUT2D eigenvalue weighted by Crippen LogP contribution is 2.46. The van der Waals surface area contributed by atoms with Gasteiger partial charge < -0.3 is 19.9 Å². The number of benzene rings is 2. The van der Waals surface area contributed by atoms with Crippen LogP contribution in [0.2, 0.25) is 0 Å². The Kier molecular flexibility index (Phi) is 6.25. The molecule has 4 rings (SSSR count). The monoisotopic (exact) mass is 424 g/mol. The second-order valence-corrected chi connectivity index (χ2v) is 8.20. The van der Waals surface area contributed by atoms with Crippen LogP contribution in [0.15, 0.2) is 54.6 Å². The van der Waals surface area contributed by atoms with Crippen LogP contribution in [-0.4, -0.2) is 48.9 Å². The van der Waals surface area contributed by atoms with Crippen LogP contribution in [0.3, 0.4) is 0 Å². The van der Waals surface area contributed by atoms with Crippen LogP contribution in [0.4, 0.5) is 0 Å². The van der Waals surface area contributed by atoms with Crippen LogP contribution in [0.5, 0.6) is 5.75 Å². The van der Waals surface area contributed by atoms with E-state index in [-0.39, 0.29) is 11.5 Å². The quantitative estimate of drug-likeness (QED) is 0.536. The van der Waals surface area contributed by atoms with E-state index in [1.54, 1.807) is 24.3 Å². The molecule has 3 N–H and O–H groups in total. The predicted octanol–water partition coefficient (Wildman–Crippen LogP) is 2.71. The molecule has 2 aromatic carbocycles. The molecule has 0 aromatic heterocycles. The first-order valence-corrected chi connectivity index (χ1v) is 10.7. The van der Waals surface area contributed by atoms with Gasteiger partial charge in [-0.1, -0.05) is 30.3 Å². The first-order valence-electron chi connectivity index (χ1n) is 10.7. The van der Waals surface area contributed by atoms with Crippen molar-refractivity contribution in [3.8, 4) is 5.75 Å². The lowest BCUT2D eigenvalue weighted by atomic mass is 9.88. The molecule has 7 nitrogen and oxygen atoms in total. The molecule has 0 bridgehead atoms. The molecule has 7 heteroatoms. The van der Waals surface area contributed by atoms with Gasteiger partial charge in [-0.15, -0.1) is 0 Å². The first kappa shape index (κ1) is 21.3. The molecule has 1 aliphatic heterocycles. The third-order valence-electron chi connectivity index (χ3n) is 6.15. The molecule has 0 spiro atoms. The zero-order chi connectivity index (χ0) is 21.7. The highest BCUT2D eigenvalue weighted by Gasteiger charge is 2.50. The standard InChI is InChI=1S/C24H28N2O5/c27-21(28)18-6-8-19(9-7-18)23(10-11-23)26-22(29)24(12-15-30-16-13-24)25-14-17-31-20-4-2-1-3-5-20/h1-9,25H,10-17H2,(H,26,29)(H,27,28). The number of carboxylic acids is 1. The van der Waals surface area contributed by atoms with E-state index in [0.717, 1.165) is 24.2 Å². The number of hydrogen-bond acceptors (Lipinski definition) is 5. The molecule has 2 fully saturated rings. The van der Waals surface area contributed by atoms with Gasteiger partial charge in [0.25, 0.3) is 0 Å². The summed E-state index contributed by atoms with van der Waals surface area (Å²) in [5.74, 6) is -0.185. The zero-order valence-corrected chi connectivity index (χ0v) is 17.4. The van der Waals surface area contributed by atoms with Gasteiger partial charge in [0.1, 0.15) is 17.9 Å². The van der Waals surface area contributed by atoms with E-state index in [0.29, 0.717) is 39.2 Å². The maximum atomic E-state index is 13.4. The lowest BCUT2D eigenvalue weighted by Gasteiger charge is -2.38. The lowest BCUT2D eigenvalue weighted by Crippen LogP contribution is -2.61. The van der Waals surface area contributed by atoms with Gasteiger partial charge in [-0.2, -0.15) is 0 Å². The smallest absolute Gasteiger partial charge is 0.335 e. The van der Waals surface area contributed by atoms with Gasteiger partial charge in [0.2, 0.25) is 5.91 Å². The zero-order valence-electron chi connectivity index (χ0n) is 17.4. The SMILES string of the molecule is O=C(O)c1ccc(C2(NC(=O)C3(NCCOc4ccccc4)CCOCC3)CC2)cc1. The largest absolute Gasteiger partial charge is 0.492 e. The summed E-state index contributed by atoms with van der Waals surface area (Å²) in [5.41, 5.74) is 0.0728. The fourth-order valence-corrected chi connectivity index (χ4v) is 4.06. The van der Waals surface area contributed by atoms with Crippen molar-refractivity contribution in [2.45, 2.75) is 36.8 Å². The van der Waals surface area contributed by atoms with E-state index in [1.165, 1.54) is 0 Å². The minimum absolute atomic E-state index is 0.0321. The summed E-state index contributed by atoms with van der Waals surface area (Å²) in [6, 6.07) is 16.4. The van der Waals surface area contributed by atoms with Crippen LogP contribution in [-0.2, 0) is 15.1 Å². The molecule has 0 unspecified atom stereocenters. The van der Waals surface area contributed by atoms with Crippen molar-refractivity contribution in [2.24, 2.45) is 0 Å². The van der Waals surface area contributed by atoms with Gasteiger partial charge >= 0.3 is 5.97 Å². The third kappa shape index (κ3) is 4.89. The summed E-state index contributed by atoms with van der Waals surface area (Å²) in [6.07, 6.45) is 2.88. The molecule has 164 valence electrons. The van der Waals surface area contributed by atoms with Crippen molar-refractivity contribution in [1.29, 1.82) is 0 Å². The van der Waals surface area contributed by atoms with E-state index in [2.05, 4.69) is 10.6 Å². The number of nitrogens with one attached hydrogen (secondary N) is 2. The Balaban J connectivity index is 1.40. The molecule has 31 heavy (non-hydrogen) atoms. The van der Waals surface area contributed by atoms with Crippen molar-refractivity contribution in [3.63, 3.8) is 0 Å². The maximum absolute atomic E-state index is 13.4. The Morgan fingerprint density at radius 1 is 0.968 bits per heavy atom. The Morgan fingerprint density at radius 2 is 1.65 bits per heavy atom. The Labute approximate surface area is 181 Å². The number of aromatic carboxylic acids is 1. The minimum atomic E-state index is -0.955. The fraction of sp³-hybridized carbons (Fsp3) is 0.417. The first-order chi connectivity index (χ1) is 15.0. The molecular formula is C24H28N2O5. The summed E-state index contributed by atoms with van der Waals surface area (Å²) in [4.78, 5) is 24.5. The van der Waals surface area contributed by atoms with E-state index >= 15 is 0 Å². The Hall–Kier alpha value is -2.90. The Morgan fingerprint density at radius 3 is 2.26 bits per heavy atom. The van der Waals surface area contributed by atoms with Crippen molar-refractivity contribution in [1.82, 2.24) is 10.6 Å². The van der Waals surface area contributed by atoms with Gasteiger partial charge in [0, 0.05) is 19.8 Å². The van der Waals surface area contributed by atoms with Gasteiger partial charge in [0.05, 0.1) is 11.1 Å². The highest BCUT2D eigenvalue weighted by molar-refractivity contribution is 5.88. The summed E-state index contributed by atoms with van der Waals surface area (Å²) < 4.78 is 11.3. The molecule has 1 saturated heterocycles. The topological polar surface area (TPSA) is 96.9 Å². The van der Waals surface area contributed by atoms with Crippen LogP contribution < -0.4 is 15.4 Å². The van der Waals surface area contributed by atoms with Crippen molar-refractivity contribution in [3.05, 3.63) is 65.7 Å². The normalized spacial score (nSPS) is 18.7. The molecule has 0 radical (unpaired) electrons. The minimum Gasteiger partial charge on any atom is -0.492 e. The van der Waals surface area contributed by atoms with Crippen LogP contribution in [0.1, 0.15) is 41.6 Å². The van der Waals surface area contributed by atoms with E-state index in [9.17, 15) is 9.59 Å². The molecule has 1 saturated carbocycles. The Bertz CT molecular complexity index is 903. The number of carbonyl (C=O) groups excluding carboxylic acids is 1. The summed E-state index contributed by atoms with van der Waals surface area (Å²) in [5, 5.41) is 15.8. The molecule has 0 atom stereocenters. The summed E-state index contributed by atoms with van der Waals surface area (Å²) in [7, 11) is 0.